The zero-order valence-electron chi connectivity index (χ0n) is 13.5. The molecule has 0 spiro atoms. The second kappa shape index (κ2) is 7.59. The summed E-state index contributed by atoms with van der Waals surface area (Å²) >= 11 is 0. The summed E-state index contributed by atoms with van der Waals surface area (Å²) in [4.78, 5) is 2.42. The van der Waals surface area contributed by atoms with Crippen LogP contribution in [0.15, 0.2) is 28.7 Å². The summed E-state index contributed by atoms with van der Waals surface area (Å²) in [6.45, 7) is 7.75. The summed E-state index contributed by atoms with van der Waals surface area (Å²) in [7, 11) is 3.70. The Kier molecular flexibility index (Phi) is 5.79. The average molecular weight is 290 g/mol. The predicted molar refractivity (Wildman–Crippen MR) is 86.4 cm³/mol. The van der Waals surface area contributed by atoms with E-state index in [1.165, 1.54) is 10.9 Å². The van der Waals surface area contributed by atoms with E-state index in [4.69, 9.17) is 9.15 Å². The second-order valence-electron chi connectivity index (χ2n) is 5.40. The number of rotatable bonds is 8. The highest BCUT2D eigenvalue weighted by Gasteiger charge is 2.19. The minimum Gasteiger partial charge on any atom is -0.459 e. The topological polar surface area (TPSA) is 37.6 Å². The van der Waals surface area contributed by atoms with E-state index >= 15 is 0 Å². The van der Waals surface area contributed by atoms with E-state index in [0.717, 1.165) is 37.6 Å². The van der Waals surface area contributed by atoms with Crippen molar-refractivity contribution in [2.24, 2.45) is 0 Å². The highest BCUT2D eigenvalue weighted by molar-refractivity contribution is 5.82. The number of hydrogen-bond donors (Lipinski definition) is 1. The third-order valence-corrected chi connectivity index (χ3v) is 3.92. The molecule has 0 aliphatic heterocycles. The standard InChI is InChI=1S/C17H26N2O2/c1-5-19(13(2)12-20-4)11-15-14-8-6-7-9-16(14)21-17(15)10-18-3/h6-9,13,18H,5,10-12H2,1-4H3. The van der Waals surface area contributed by atoms with Gasteiger partial charge in [0, 0.05) is 30.6 Å². The van der Waals surface area contributed by atoms with Crippen LogP contribution < -0.4 is 5.32 Å². The van der Waals surface area contributed by atoms with E-state index in [9.17, 15) is 0 Å². The van der Waals surface area contributed by atoms with Crippen LogP contribution in [0.2, 0.25) is 0 Å². The van der Waals surface area contributed by atoms with Gasteiger partial charge in [0.15, 0.2) is 0 Å². The lowest BCUT2D eigenvalue weighted by molar-refractivity contribution is 0.0980. The summed E-state index contributed by atoms with van der Waals surface area (Å²) in [5, 5.41) is 4.41. The number of likely N-dealkylation sites (N-methyl/N-ethyl adjacent to an activating group) is 1. The molecule has 0 saturated heterocycles. The van der Waals surface area contributed by atoms with E-state index in [1.54, 1.807) is 7.11 Å². The number of para-hydroxylation sites is 1. The van der Waals surface area contributed by atoms with Crippen molar-refractivity contribution in [3.05, 3.63) is 35.6 Å². The van der Waals surface area contributed by atoms with Crippen LogP contribution in [-0.4, -0.2) is 38.3 Å². The zero-order chi connectivity index (χ0) is 15.2. The number of nitrogens with zero attached hydrogens (tertiary/aromatic N) is 1. The maximum absolute atomic E-state index is 6.00. The van der Waals surface area contributed by atoms with Gasteiger partial charge in [-0.2, -0.15) is 0 Å². The van der Waals surface area contributed by atoms with Crippen molar-refractivity contribution < 1.29 is 9.15 Å². The van der Waals surface area contributed by atoms with Crippen molar-refractivity contribution >= 4 is 11.0 Å². The van der Waals surface area contributed by atoms with Gasteiger partial charge in [0.2, 0.25) is 0 Å². The molecule has 4 heteroatoms. The van der Waals surface area contributed by atoms with Crippen LogP contribution in [0.1, 0.15) is 25.2 Å². The number of methoxy groups -OCH3 is 1. The maximum Gasteiger partial charge on any atom is 0.134 e. The first-order valence-corrected chi connectivity index (χ1v) is 7.58. The van der Waals surface area contributed by atoms with Crippen LogP contribution in [0.5, 0.6) is 0 Å². The minimum atomic E-state index is 0.385. The minimum absolute atomic E-state index is 0.385. The Morgan fingerprint density at radius 3 is 2.76 bits per heavy atom. The third kappa shape index (κ3) is 3.64. The van der Waals surface area contributed by atoms with Crippen LogP contribution in [-0.2, 0) is 17.8 Å². The Morgan fingerprint density at radius 2 is 2.10 bits per heavy atom. The molecule has 1 N–H and O–H groups in total. The van der Waals surface area contributed by atoms with Gasteiger partial charge in [-0.05, 0) is 26.6 Å². The Hall–Kier alpha value is -1.36. The fourth-order valence-electron chi connectivity index (χ4n) is 2.76. The first kappa shape index (κ1) is 16.0. The molecule has 0 fully saturated rings. The molecule has 0 aliphatic carbocycles. The van der Waals surface area contributed by atoms with Crippen LogP contribution in [0.25, 0.3) is 11.0 Å². The monoisotopic (exact) mass is 290 g/mol. The molecule has 1 unspecified atom stereocenters. The molecule has 0 radical (unpaired) electrons. The normalized spacial score (nSPS) is 13.2. The van der Waals surface area contributed by atoms with Gasteiger partial charge in [0.1, 0.15) is 11.3 Å². The average Bonchev–Trinajstić information content (AvgIpc) is 2.83. The number of fused-ring (bicyclic) bond motifs is 1. The summed E-state index contributed by atoms with van der Waals surface area (Å²) in [6, 6.07) is 8.65. The Bertz CT molecular complexity index is 565. The molecule has 0 aliphatic rings. The van der Waals surface area contributed by atoms with Crippen molar-refractivity contribution in [3.8, 4) is 0 Å². The van der Waals surface area contributed by atoms with E-state index in [2.05, 4.69) is 36.2 Å². The fraction of sp³-hybridized carbons (Fsp3) is 0.529. The van der Waals surface area contributed by atoms with Crippen molar-refractivity contribution in [2.45, 2.75) is 33.0 Å². The SMILES string of the molecule is CCN(Cc1c(CNC)oc2ccccc12)C(C)COC. The van der Waals surface area contributed by atoms with Crippen molar-refractivity contribution in [1.29, 1.82) is 0 Å². The van der Waals surface area contributed by atoms with Gasteiger partial charge < -0.3 is 14.5 Å². The van der Waals surface area contributed by atoms with Gasteiger partial charge in [-0.3, -0.25) is 4.90 Å². The lowest BCUT2D eigenvalue weighted by atomic mass is 10.1. The molecule has 0 amide bonds. The first-order chi connectivity index (χ1) is 10.2. The molecule has 116 valence electrons. The lowest BCUT2D eigenvalue weighted by Crippen LogP contribution is -2.35. The Balaban J connectivity index is 2.32. The molecule has 2 aromatic rings. The summed E-state index contributed by atoms with van der Waals surface area (Å²) in [5.41, 5.74) is 2.25. The number of furan rings is 1. The molecule has 21 heavy (non-hydrogen) atoms. The molecular weight excluding hydrogens is 264 g/mol. The summed E-state index contributed by atoms with van der Waals surface area (Å²) < 4.78 is 11.3. The fourth-order valence-corrected chi connectivity index (χ4v) is 2.76. The van der Waals surface area contributed by atoms with E-state index < -0.39 is 0 Å². The first-order valence-electron chi connectivity index (χ1n) is 7.58. The van der Waals surface area contributed by atoms with Gasteiger partial charge >= 0.3 is 0 Å². The second-order valence-corrected chi connectivity index (χ2v) is 5.40. The zero-order valence-corrected chi connectivity index (χ0v) is 13.5. The highest BCUT2D eigenvalue weighted by atomic mass is 16.5. The maximum atomic E-state index is 6.00. The molecule has 1 aromatic heterocycles. The summed E-state index contributed by atoms with van der Waals surface area (Å²) in [5.74, 6) is 1.03. The van der Waals surface area contributed by atoms with Crippen molar-refractivity contribution in [2.75, 3.05) is 27.3 Å². The van der Waals surface area contributed by atoms with Crippen LogP contribution in [0.3, 0.4) is 0 Å². The number of nitrogens with one attached hydrogen (secondary N) is 1. The van der Waals surface area contributed by atoms with Crippen molar-refractivity contribution in [3.63, 3.8) is 0 Å². The van der Waals surface area contributed by atoms with Crippen molar-refractivity contribution in [1.82, 2.24) is 10.2 Å². The predicted octanol–water partition coefficient (Wildman–Crippen LogP) is 3.01. The quantitative estimate of drug-likeness (QED) is 0.811. The smallest absolute Gasteiger partial charge is 0.134 e. The molecule has 2 rings (SSSR count). The van der Waals surface area contributed by atoms with E-state index in [-0.39, 0.29) is 0 Å². The number of ether oxygens (including phenoxy) is 1. The molecule has 1 atom stereocenters. The molecule has 0 bridgehead atoms. The third-order valence-electron chi connectivity index (χ3n) is 3.92. The van der Waals surface area contributed by atoms with E-state index in [0.29, 0.717) is 6.04 Å². The van der Waals surface area contributed by atoms with Gasteiger partial charge in [-0.15, -0.1) is 0 Å². The van der Waals surface area contributed by atoms with E-state index in [1.807, 2.05) is 19.2 Å². The van der Waals surface area contributed by atoms with Gasteiger partial charge in [0.05, 0.1) is 13.2 Å². The molecule has 4 nitrogen and oxygen atoms in total. The number of benzene rings is 1. The highest BCUT2D eigenvalue weighted by Crippen LogP contribution is 2.27. The van der Waals surface area contributed by atoms with Crippen LogP contribution in [0.4, 0.5) is 0 Å². The molecule has 0 saturated carbocycles. The Labute approximate surface area is 127 Å². The largest absolute Gasteiger partial charge is 0.459 e. The number of hydrogen-bond acceptors (Lipinski definition) is 4. The lowest BCUT2D eigenvalue weighted by Gasteiger charge is -2.27. The molecule has 1 aromatic carbocycles. The molecule has 1 heterocycles. The van der Waals surface area contributed by atoms with Gasteiger partial charge in [0.25, 0.3) is 0 Å². The van der Waals surface area contributed by atoms with Crippen LogP contribution in [0, 0.1) is 0 Å². The van der Waals surface area contributed by atoms with Gasteiger partial charge in [-0.25, -0.2) is 0 Å². The molecular formula is C17H26N2O2. The summed E-state index contributed by atoms with van der Waals surface area (Å²) in [6.07, 6.45) is 0. The Morgan fingerprint density at radius 1 is 1.33 bits per heavy atom. The van der Waals surface area contributed by atoms with Gasteiger partial charge in [-0.1, -0.05) is 25.1 Å². The van der Waals surface area contributed by atoms with Crippen LogP contribution >= 0.6 is 0 Å².